The number of hydrogen-bond acceptors (Lipinski definition) is 3. The third-order valence-electron chi connectivity index (χ3n) is 0.442. The van der Waals surface area contributed by atoms with Crippen molar-refractivity contribution in [2.24, 2.45) is 0 Å². The first kappa shape index (κ1) is 9.92. The topological polar surface area (TPSA) is 87.1 Å². The van der Waals surface area contributed by atoms with Crippen molar-refractivity contribution >= 4 is 28.4 Å². The summed E-state index contributed by atoms with van der Waals surface area (Å²) in [5, 5.41) is 0. The van der Waals surface area contributed by atoms with Gasteiger partial charge in [0, 0.05) is 0 Å². The number of aromatic amines is 2. The molecular formula is C3H5N2O3SSn. The Morgan fingerprint density at radius 2 is 2.10 bits per heavy atom. The van der Waals surface area contributed by atoms with Crippen molar-refractivity contribution < 1.29 is 18.0 Å². The van der Waals surface area contributed by atoms with Crippen LogP contribution >= 0.6 is 0 Å². The molecule has 0 fully saturated rings. The Bertz CT molecular complexity index is 218. The van der Waals surface area contributed by atoms with Gasteiger partial charge in [0.1, 0.15) is 12.4 Å². The third-order valence-corrected chi connectivity index (χ3v) is 0.442. The van der Waals surface area contributed by atoms with Gasteiger partial charge in [-0.3, -0.25) is 9.97 Å². The number of H-pyrrole nitrogens is 2. The molecule has 0 aliphatic heterocycles. The van der Waals surface area contributed by atoms with E-state index in [4.69, 9.17) is 13.0 Å². The Kier molecular flexibility index (Phi) is 4.65. The van der Waals surface area contributed by atoms with Gasteiger partial charge < -0.3 is 0 Å². The number of imidazole rings is 1. The van der Waals surface area contributed by atoms with E-state index in [9.17, 15) is 0 Å². The Morgan fingerprint density at radius 1 is 1.60 bits per heavy atom. The van der Waals surface area contributed by atoms with Crippen molar-refractivity contribution in [1.29, 1.82) is 0 Å². The molecule has 3 radical (unpaired) electrons. The molecule has 1 aromatic rings. The van der Waals surface area contributed by atoms with Crippen LogP contribution in [0.1, 0.15) is 0 Å². The molecular weight excluding hydrogens is 263 g/mol. The summed E-state index contributed by atoms with van der Waals surface area (Å²) in [4.78, 5) is 5.61. The minimum atomic E-state index is -3.83. The molecule has 1 aromatic heterocycles. The van der Waals surface area contributed by atoms with Gasteiger partial charge >= 0.3 is 41.4 Å². The van der Waals surface area contributed by atoms with E-state index < -0.39 is 7.30 Å². The largest absolute Gasteiger partial charge is 0.250 e. The van der Waals surface area contributed by atoms with E-state index in [0.717, 1.165) is 0 Å². The van der Waals surface area contributed by atoms with Gasteiger partial charge in [0.05, 0.1) is 0 Å². The smallest absolute Gasteiger partial charge is 0.239 e. The summed E-state index contributed by atoms with van der Waals surface area (Å²) in [5.41, 5.74) is 0. The summed E-state index contributed by atoms with van der Waals surface area (Å²) in [6.45, 7) is 0. The predicted octanol–water partition coefficient (Wildman–Crippen LogP) is -1.56. The Hall–Kier alpha value is -0.0813. The van der Waals surface area contributed by atoms with E-state index in [1.807, 2.05) is 12.4 Å². The first-order valence-corrected chi connectivity index (χ1v) is 7.10. The van der Waals surface area contributed by atoms with Crippen molar-refractivity contribution in [1.82, 2.24) is 4.98 Å². The molecule has 10 heavy (non-hydrogen) atoms. The van der Waals surface area contributed by atoms with E-state index in [0.29, 0.717) is 0 Å². The van der Waals surface area contributed by atoms with Crippen LogP contribution in [0.2, 0.25) is 0 Å². The number of hydrogen-bond donors (Lipinski definition) is 1. The summed E-state index contributed by atoms with van der Waals surface area (Å²) in [6.07, 6.45) is 5.39. The van der Waals surface area contributed by atoms with Gasteiger partial charge in [-0.15, -0.1) is 0 Å². The van der Waals surface area contributed by atoms with E-state index in [2.05, 4.69) is 9.97 Å². The quantitative estimate of drug-likeness (QED) is 0.456. The SMILES string of the molecule is O=[S](=O)([O-])[Sn].c1c[nH+]c[nH]1. The number of nitrogens with one attached hydrogen (secondary N) is 2. The average molecular weight is 268 g/mol. The molecule has 7 heteroatoms. The molecule has 0 saturated heterocycles. The fraction of sp³-hybridized carbons (Fsp3) is 0. The summed E-state index contributed by atoms with van der Waals surface area (Å²) in [5.74, 6) is 0. The Morgan fingerprint density at radius 3 is 2.20 bits per heavy atom. The molecule has 1 rings (SSSR count). The molecule has 0 aromatic carbocycles. The van der Waals surface area contributed by atoms with Gasteiger partial charge in [-0.25, -0.2) is 0 Å². The van der Waals surface area contributed by atoms with Crippen LogP contribution in [0.4, 0.5) is 0 Å². The average Bonchev–Trinajstić information content (AvgIpc) is 2.07. The van der Waals surface area contributed by atoms with Crippen molar-refractivity contribution in [3.63, 3.8) is 0 Å². The molecule has 55 valence electrons. The summed E-state index contributed by atoms with van der Waals surface area (Å²) >= 11 is 0.0342. The van der Waals surface area contributed by atoms with Crippen LogP contribution in [-0.4, -0.2) is 39.1 Å². The van der Waals surface area contributed by atoms with Crippen molar-refractivity contribution in [3.8, 4) is 0 Å². The van der Waals surface area contributed by atoms with Crippen molar-refractivity contribution in [2.75, 3.05) is 0 Å². The zero-order valence-electron chi connectivity index (χ0n) is 4.87. The van der Waals surface area contributed by atoms with Crippen LogP contribution in [0.5, 0.6) is 0 Å². The van der Waals surface area contributed by atoms with Gasteiger partial charge in [-0.1, -0.05) is 0 Å². The molecule has 2 N–H and O–H groups in total. The fourth-order valence-corrected chi connectivity index (χ4v) is 0.241. The molecule has 1 heterocycles. The van der Waals surface area contributed by atoms with Crippen LogP contribution in [0.3, 0.4) is 0 Å². The molecule has 5 nitrogen and oxygen atoms in total. The molecule has 0 spiro atoms. The van der Waals surface area contributed by atoms with E-state index >= 15 is 0 Å². The summed E-state index contributed by atoms with van der Waals surface area (Å²) in [7, 11) is -3.83. The second-order valence-electron chi connectivity index (χ2n) is 1.27. The normalized spacial score (nSPS) is 9.80. The van der Waals surface area contributed by atoms with Gasteiger partial charge in [0.2, 0.25) is 6.33 Å². The summed E-state index contributed by atoms with van der Waals surface area (Å²) < 4.78 is 27.3. The van der Waals surface area contributed by atoms with E-state index in [1.54, 1.807) is 6.33 Å². The van der Waals surface area contributed by atoms with Crippen molar-refractivity contribution in [3.05, 3.63) is 18.7 Å². The Labute approximate surface area is 70.2 Å². The van der Waals surface area contributed by atoms with Crippen molar-refractivity contribution in [2.45, 2.75) is 0 Å². The maximum Gasteiger partial charge on any atom is 0.239 e. The standard InChI is InChI=1S/C3H4N2.O3S.Sn/c1-2-5-3-4-1;1-4(2)3;/h1-3H,(H,4,5);;/q;-1;/p+1. The van der Waals surface area contributed by atoms with Crippen LogP contribution in [0.15, 0.2) is 18.7 Å². The predicted molar refractivity (Wildman–Crippen MR) is 32.8 cm³/mol. The second kappa shape index (κ2) is 4.69. The van der Waals surface area contributed by atoms with Crippen LogP contribution in [0.25, 0.3) is 0 Å². The van der Waals surface area contributed by atoms with Crippen LogP contribution < -0.4 is 4.98 Å². The number of aromatic nitrogens is 2. The van der Waals surface area contributed by atoms with E-state index in [1.165, 1.54) is 0 Å². The molecule has 0 amide bonds. The minimum absolute atomic E-state index is 0.0342. The monoisotopic (exact) mass is 269 g/mol. The maximum absolute atomic E-state index is 9.12. The first-order valence-electron chi connectivity index (χ1n) is 2.19. The third kappa shape index (κ3) is 15.7. The first-order chi connectivity index (χ1) is 4.50. The molecule has 0 aliphatic rings. The number of rotatable bonds is 0. The van der Waals surface area contributed by atoms with E-state index in [-0.39, 0.29) is 21.1 Å². The van der Waals surface area contributed by atoms with Gasteiger partial charge in [-0.2, -0.15) is 0 Å². The van der Waals surface area contributed by atoms with Crippen LogP contribution in [-0.2, 0) is 7.30 Å². The molecule has 0 aliphatic carbocycles. The molecule has 0 atom stereocenters. The van der Waals surface area contributed by atoms with Crippen LogP contribution in [0, 0.1) is 0 Å². The van der Waals surface area contributed by atoms with Gasteiger partial charge in [-0.05, 0) is 0 Å². The molecule has 0 unspecified atom stereocenters. The molecule has 0 saturated carbocycles. The second-order valence-corrected chi connectivity index (χ2v) is 6.45. The Balaban J connectivity index is 0.000000162. The zero-order valence-corrected chi connectivity index (χ0v) is 8.54. The zero-order chi connectivity index (χ0) is 8.04. The maximum atomic E-state index is 9.12. The summed E-state index contributed by atoms with van der Waals surface area (Å²) in [6, 6.07) is 0. The van der Waals surface area contributed by atoms with Gasteiger partial charge in [0.25, 0.3) is 0 Å². The molecule has 0 bridgehead atoms. The minimum Gasteiger partial charge on any atom is -0.250 e. The van der Waals surface area contributed by atoms with Gasteiger partial charge in [0.15, 0.2) is 0 Å². The fourth-order valence-electron chi connectivity index (χ4n) is 0.241.